The third-order valence-corrected chi connectivity index (χ3v) is 6.88. The first kappa shape index (κ1) is 37.6. The maximum atomic E-state index is 11.3. The van der Waals surface area contributed by atoms with Crippen LogP contribution in [0.3, 0.4) is 0 Å². The van der Waals surface area contributed by atoms with E-state index in [1.165, 1.54) is 45.6 Å². The van der Waals surface area contributed by atoms with Crippen LogP contribution in [-0.2, 0) is 28.5 Å². The molecule has 0 aromatic rings. The van der Waals surface area contributed by atoms with Gasteiger partial charge in [-0.3, -0.25) is 9.59 Å². The molecule has 230 valence electrons. The van der Waals surface area contributed by atoms with Crippen molar-refractivity contribution < 1.29 is 28.5 Å². The van der Waals surface area contributed by atoms with Gasteiger partial charge >= 0.3 is 11.9 Å². The molecule has 7 nitrogen and oxygen atoms in total. The van der Waals surface area contributed by atoms with Gasteiger partial charge in [-0.1, -0.05) is 63.5 Å². The van der Waals surface area contributed by atoms with Gasteiger partial charge in [-0.2, -0.15) is 0 Å². The second kappa shape index (κ2) is 29.5. The summed E-state index contributed by atoms with van der Waals surface area (Å²) in [5.41, 5.74) is 0. The fourth-order valence-electron chi connectivity index (χ4n) is 4.24. The summed E-state index contributed by atoms with van der Waals surface area (Å²) in [5.74, 6) is -0.177. The Bertz CT molecular complexity index is 581. The SMILES string of the molecule is CCOC(=O)CCCCCC=CCCCCCCCCOCC(COCCCCCCCC(=O)OC)N(C)C. The average Bonchev–Trinajstić information content (AvgIpc) is 2.92. The summed E-state index contributed by atoms with van der Waals surface area (Å²) in [7, 11) is 5.62. The Morgan fingerprint density at radius 2 is 1.08 bits per heavy atom. The van der Waals surface area contributed by atoms with Crippen molar-refractivity contribution in [3.63, 3.8) is 0 Å². The minimum atomic E-state index is -0.112. The lowest BCUT2D eigenvalue weighted by Crippen LogP contribution is -2.37. The topological polar surface area (TPSA) is 74.3 Å². The summed E-state index contributed by atoms with van der Waals surface area (Å²) >= 11 is 0. The fraction of sp³-hybridized carbons (Fsp3) is 0.875. The van der Waals surface area contributed by atoms with Gasteiger partial charge in [0, 0.05) is 26.1 Å². The lowest BCUT2D eigenvalue weighted by Gasteiger charge is -2.24. The van der Waals surface area contributed by atoms with Crippen LogP contribution < -0.4 is 0 Å². The number of nitrogens with zero attached hydrogens (tertiary/aromatic N) is 1. The predicted octanol–water partition coefficient (Wildman–Crippen LogP) is 7.26. The predicted molar refractivity (Wildman–Crippen MR) is 160 cm³/mol. The number of unbranched alkanes of at least 4 members (excludes halogenated alkanes) is 13. The Labute approximate surface area is 240 Å². The molecule has 1 atom stereocenters. The van der Waals surface area contributed by atoms with E-state index in [-0.39, 0.29) is 11.9 Å². The van der Waals surface area contributed by atoms with E-state index in [1.807, 2.05) is 6.92 Å². The highest BCUT2D eigenvalue weighted by Gasteiger charge is 2.11. The Hall–Kier alpha value is -1.44. The van der Waals surface area contributed by atoms with Gasteiger partial charge in [0.05, 0.1) is 33.0 Å². The second-order valence-corrected chi connectivity index (χ2v) is 10.6. The number of carbonyl (C=O) groups excluding carboxylic acids is 2. The molecule has 39 heavy (non-hydrogen) atoms. The zero-order valence-corrected chi connectivity index (χ0v) is 25.9. The quantitative estimate of drug-likeness (QED) is 0.0546. The third-order valence-electron chi connectivity index (χ3n) is 6.88. The van der Waals surface area contributed by atoms with Crippen LogP contribution in [0.2, 0.25) is 0 Å². The van der Waals surface area contributed by atoms with Gasteiger partial charge in [-0.05, 0) is 72.4 Å². The van der Waals surface area contributed by atoms with Crippen LogP contribution in [0.5, 0.6) is 0 Å². The first-order valence-corrected chi connectivity index (χ1v) is 15.7. The number of rotatable bonds is 29. The van der Waals surface area contributed by atoms with Crippen LogP contribution in [0.15, 0.2) is 12.2 Å². The van der Waals surface area contributed by atoms with Gasteiger partial charge in [0.1, 0.15) is 0 Å². The first-order chi connectivity index (χ1) is 19.0. The van der Waals surface area contributed by atoms with Crippen molar-refractivity contribution in [2.24, 2.45) is 0 Å². The van der Waals surface area contributed by atoms with Crippen molar-refractivity contribution in [2.45, 2.75) is 129 Å². The van der Waals surface area contributed by atoms with E-state index >= 15 is 0 Å². The van der Waals surface area contributed by atoms with Gasteiger partial charge in [0.25, 0.3) is 0 Å². The molecule has 0 fully saturated rings. The van der Waals surface area contributed by atoms with Crippen LogP contribution in [0, 0.1) is 0 Å². The second-order valence-electron chi connectivity index (χ2n) is 10.6. The lowest BCUT2D eigenvalue weighted by atomic mass is 10.1. The summed E-state index contributed by atoms with van der Waals surface area (Å²) in [6.07, 6.45) is 24.1. The highest BCUT2D eigenvalue weighted by atomic mass is 16.5. The molecule has 0 amide bonds. The van der Waals surface area contributed by atoms with E-state index in [0.29, 0.717) is 32.1 Å². The molecule has 0 saturated heterocycles. The standard InChI is InChI=1S/C32H61NO6/c1-5-39-32(35)25-21-16-13-11-9-7-6-8-10-12-14-18-22-26-37-28-30(33(2)3)29-38-27-23-19-15-17-20-24-31(34)36-4/h7,9,30H,5-6,8,10-29H2,1-4H3. The smallest absolute Gasteiger partial charge is 0.305 e. The highest BCUT2D eigenvalue weighted by molar-refractivity contribution is 5.69. The number of ether oxygens (including phenoxy) is 4. The number of likely N-dealkylation sites (N-methyl/N-ethyl adjacent to an activating group) is 1. The van der Waals surface area contributed by atoms with Crippen LogP contribution in [0.1, 0.15) is 122 Å². The van der Waals surface area contributed by atoms with Gasteiger partial charge < -0.3 is 23.8 Å². The summed E-state index contributed by atoms with van der Waals surface area (Å²) in [4.78, 5) is 24.6. The molecule has 0 aliphatic carbocycles. The Balaban J connectivity index is 3.46. The first-order valence-electron chi connectivity index (χ1n) is 15.7. The number of allylic oxidation sites excluding steroid dienone is 2. The molecule has 0 radical (unpaired) electrons. The van der Waals surface area contributed by atoms with Crippen LogP contribution >= 0.6 is 0 Å². The van der Waals surface area contributed by atoms with Crippen LogP contribution in [-0.4, -0.2) is 77.1 Å². The fourth-order valence-corrected chi connectivity index (χ4v) is 4.24. The molecular weight excluding hydrogens is 494 g/mol. The minimum Gasteiger partial charge on any atom is -0.469 e. The number of methoxy groups -OCH3 is 1. The van der Waals surface area contributed by atoms with Crippen molar-refractivity contribution in [1.29, 1.82) is 0 Å². The van der Waals surface area contributed by atoms with Gasteiger partial charge in [0.15, 0.2) is 0 Å². The van der Waals surface area contributed by atoms with Gasteiger partial charge in [0.2, 0.25) is 0 Å². The molecule has 7 heteroatoms. The monoisotopic (exact) mass is 555 g/mol. The molecule has 0 aromatic heterocycles. The van der Waals surface area contributed by atoms with E-state index in [4.69, 9.17) is 14.2 Å². The Morgan fingerprint density at radius 3 is 1.56 bits per heavy atom. The summed E-state index contributed by atoms with van der Waals surface area (Å²) in [5, 5.41) is 0. The zero-order chi connectivity index (χ0) is 28.8. The highest BCUT2D eigenvalue weighted by Crippen LogP contribution is 2.10. The average molecular weight is 556 g/mol. The largest absolute Gasteiger partial charge is 0.469 e. The molecule has 0 heterocycles. The molecule has 0 aliphatic heterocycles. The zero-order valence-electron chi connectivity index (χ0n) is 25.9. The molecular formula is C32H61NO6. The van der Waals surface area contributed by atoms with E-state index in [2.05, 4.69) is 35.9 Å². The maximum Gasteiger partial charge on any atom is 0.305 e. The number of hydrogen-bond donors (Lipinski definition) is 0. The van der Waals surface area contributed by atoms with Crippen molar-refractivity contribution in [3.05, 3.63) is 12.2 Å². The molecule has 0 aliphatic rings. The Kier molecular flexibility index (Phi) is 28.4. The summed E-state index contributed by atoms with van der Waals surface area (Å²) in [6.45, 7) is 5.38. The van der Waals surface area contributed by atoms with Gasteiger partial charge in [-0.15, -0.1) is 0 Å². The maximum absolute atomic E-state index is 11.3. The number of esters is 2. The molecule has 1 unspecified atom stereocenters. The van der Waals surface area contributed by atoms with Crippen molar-refractivity contribution >= 4 is 11.9 Å². The number of carbonyl (C=O) groups is 2. The van der Waals surface area contributed by atoms with E-state index in [9.17, 15) is 9.59 Å². The van der Waals surface area contributed by atoms with Gasteiger partial charge in [-0.25, -0.2) is 0 Å². The lowest BCUT2D eigenvalue weighted by molar-refractivity contribution is -0.143. The van der Waals surface area contributed by atoms with Crippen LogP contribution in [0.4, 0.5) is 0 Å². The summed E-state index contributed by atoms with van der Waals surface area (Å²) < 4.78 is 21.4. The van der Waals surface area contributed by atoms with E-state index < -0.39 is 0 Å². The molecule has 0 aromatic carbocycles. The summed E-state index contributed by atoms with van der Waals surface area (Å²) in [6, 6.07) is 0.294. The number of hydrogen-bond acceptors (Lipinski definition) is 7. The molecule has 0 bridgehead atoms. The molecule has 0 spiro atoms. The van der Waals surface area contributed by atoms with E-state index in [1.54, 1.807) is 0 Å². The molecule has 0 N–H and O–H groups in total. The normalized spacial score (nSPS) is 12.3. The van der Waals surface area contributed by atoms with Crippen molar-refractivity contribution in [1.82, 2.24) is 4.90 Å². The minimum absolute atomic E-state index is 0.0653. The Morgan fingerprint density at radius 1 is 0.641 bits per heavy atom. The van der Waals surface area contributed by atoms with Crippen LogP contribution in [0.25, 0.3) is 0 Å². The van der Waals surface area contributed by atoms with Crippen molar-refractivity contribution in [2.75, 3.05) is 54.2 Å². The molecule has 0 rings (SSSR count). The molecule has 0 saturated carbocycles. The van der Waals surface area contributed by atoms with E-state index in [0.717, 1.165) is 84.0 Å². The third kappa shape index (κ3) is 27.9. The van der Waals surface area contributed by atoms with Crippen molar-refractivity contribution in [3.8, 4) is 0 Å².